The van der Waals surface area contributed by atoms with Crippen LogP contribution in [0.1, 0.15) is 19.7 Å². The van der Waals surface area contributed by atoms with Gasteiger partial charge in [0, 0.05) is 23.1 Å². The van der Waals surface area contributed by atoms with E-state index in [0.29, 0.717) is 28.9 Å². The predicted molar refractivity (Wildman–Crippen MR) is 118 cm³/mol. The summed E-state index contributed by atoms with van der Waals surface area (Å²) in [6.45, 7) is 5.70. The molecule has 0 atom stereocenters. The molecule has 0 aliphatic heterocycles. The number of methoxy groups -OCH3 is 1. The first-order valence-corrected chi connectivity index (χ1v) is 9.53. The average molecular weight is 407 g/mol. The van der Waals surface area contributed by atoms with E-state index in [2.05, 4.69) is 25.9 Å². The van der Waals surface area contributed by atoms with Crippen LogP contribution in [0.25, 0.3) is 0 Å². The molecule has 0 aliphatic rings. The second-order valence-corrected chi connectivity index (χ2v) is 6.82. The lowest BCUT2D eigenvalue weighted by molar-refractivity contribution is 0.232. The van der Waals surface area contributed by atoms with Crippen molar-refractivity contribution in [3.8, 4) is 11.6 Å². The number of hydrogen-bond acceptors (Lipinski definition) is 6. The number of ether oxygens (including phenoxy) is 2. The van der Waals surface area contributed by atoms with Crippen LogP contribution in [0.15, 0.2) is 54.6 Å². The van der Waals surface area contributed by atoms with Crippen molar-refractivity contribution in [2.45, 2.75) is 26.9 Å². The van der Waals surface area contributed by atoms with Crippen LogP contribution in [0.2, 0.25) is 0 Å². The monoisotopic (exact) mass is 407 g/mol. The van der Waals surface area contributed by atoms with Gasteiger partial charge in [-0.2, -0.15) is 4.98 Å². The zero-order valence-electron chi connectivity index (χ0n) is 17.4. The molecule has 0 fully saturated rings. The molecule has 30 heavy (non-hydrogen) atoms. The molecule has 3 aromatic rings. The van der Waals surface area contributed by atoms with E-state index in [9.17, 15) is 4.79 Å². The summed E-state index contributed by atoms with van der Waals surface area (Å²) >= 11 is 0. The van der Waals surface area contributed by atoms with E-state index in [0.717, 1.165) is 11.4 Å². The largest absolute Gasteiger partial charge is 0.497 e. The molecule has 1 aromatic heterocycles. The summed E-state index contributed by atoms with van der Waals surface area (Å²) in [6.07, 6.45) is 0.0292. The number of nitrogens with zero attached hydrogens (tertiary/aromatic N) is 2. The van der Waals surface area contributed by atoms with E-state index >= 15 is 0 Å². The third-order valence-electron chi connectivity index (χ3n) is 3.93. The van der Waals surface area contributed by atoms with Crippen LogP contribution in [0.3, 0.4) is 0 Å². The Bertz CT molecular complexity index is 989. The third kappa shape index (κ3) is 6.10. The molecule has 2 amide bonds. The Morgan fingerprint density at radius 3 is 2.03 bits per heavy atom. The molecule has 8 heteroatoms. The van der Waals surface area contributed by atoms with E-state index in [1.54, 1.807) is 49.6 Å². The van der Waals surface area contributed by atoms with Crippen LogP contribution in [-0.4, -0.2) is 29.2 Å². The van der Waals surface area contributed by atoms with Gasteiger partial charge in [0.1, 0.15) is 17.4 Å². The Morgan fingerprint density at radius 2 is 1.47 bits per heavy atom. The Hall–Kier alpha value is -3.81. The SMILES string of the molecule is COc1ccc(NC(=O)Nc2ccc(Nc3cc(OC(C)C)nc(C)n3)cc2)cc1. The highest BCUT2D eigenvalue weighted by Gasteiger charge is 2.07. The fourth-order valence-corrected chi connectivity index (χ4v) is 2.66. The maximum Gasteiger partial charge on any atom is 0.323 e. The van der Waals surface area contributed by atoms with Crippen LogP contribution < -0.4 is 25.4 Å². The molecule has 0 aliphatic carbocycles. The second kappa shape index (κ2) is 9.60. The lowest BCUT2D eigenvalue weighted by Crippen LogP contribution is -2.19. The number of carbonyl (C=O) groups is 1. The normalized spacial score (nSPS) is 10.4. The van der Waals surface area contributed by atoms with Crippen LogP contribution in [0.5, 0.6) is 11.6 Å². The van der Waals surface area contributed by atoms with Gasteiger partial charge in [-0.15, -0.1) is 0 Å². The van der Waals surface area contributed by atoms with Crippen molar-refractivity contribution < 1.29 is 14.3 Å². The highest BCUT2D eigenvalue weighted by Crippen LogP contribution is 2.21. The van der Waals surface area contributed by atoms with Gasteiger partial charge in [-0.3, -0.25) is 0 Å². The van der Waals surface area contributed by atoms with Gasteiger partial charge in [0.05, 0.1) is 13.2 Å². The smallest absolute Gasteiger partial charge is 0.323 e. The van der Waals surface area contributed by atoms with Crippen LogP contribution >= 0.6 is 0 Å². The molecule has 3 N–H and O–H groups in total. The topological polar surface area (TPSA) is 97.4 Å². The zero-order chi connectivity index (χ0) is 21.5. The lowest BCUT2D eigenvalue weighted by atomic mass is 10.2. The van der Waals surface area contributed by atoms with Gasteiger partial charge in [-0.1, -0.05) is 0 Å². The second-order valence-electron chi connectivity index (χ2n) is 6.82. The van der Waals surface area contributed by atoms with Gasteiger partial charge < -0.3 is 25.4 Å². The first-order chi connectivity index (χ1) is 14.4. The number of anilines is 4. The minimum Gasteiger partial charge on any atom is -0.497 e. The average Bonchev–Trinajstić information content (AvgIpc) is 2.69. The molecular weight excluding hydrogens is 382 g/mol. The maximum atomic E-state index is 12.2. The summed E-state index contributed by atoms with van der Waals surface area (Å²) in [6, 6.07) is 15.8. The van der Waals surface area contributed by atoms with E-state index in [1.807, 2.05) is 32.9 Å². The van der Waals surface area contributed by atoms with Crippen LogP contribution in [0.4, 0.5) is 27.7 Å². The highest BCUT2D eigenvalue weighted by molar-refractivity contribution is 5.99. The molecule has 2 aromatic carbocycles. The summed E-state index contributed by atoms with van der Waals surface area (Å²) in [7, 11) is 1.60. The van der Waals surface area contributed by atoms with Gasteiger partial charge in [0.2, 0.25) is 5.88 Å². The standard InChI is InChI=1S/C22H25N5O3/c1-14(2)30-21-13-20(23-15(3)24-21)25-16-5-7-17(8-6-16)26-22(28)27-18-9-11-19(29-4)12-10-18/h5-14H,1-4H3,(H,23,24,25)(H2,26,27,28). The maximum absolute atomic E-state index is 12.2. The molecule has 0 saturated carbocycles. The van der Waals surface area contributed by atoms with Crippen molar-refractivity contribution in [2.24, 2.45) is 0 Å². The molecule has 0 radical (unpaired) electrons. The zero-order valence-corrected chi connectivity index (χ0v) is 17.4. The minimum atomic E-state index is -0.331. The van der Waals surface area contributed by atoms with Crippen molar-refractivity contribution in [1.82, 2.24) is 9.97 Å². The molecule has 0 unspecified atom stereocenters. The number of urea groups is 1. The summed E-state index contributed by atoms with van der Waals surface area (Å²) in [5.41, 5.74) is 2.16. The number of amides is 2. The fraction of sp³-hybridized carbons (Fsp3) is 0.227. The van der Waals surface area contributed by atoms with E-state index < -0.39 is 0 Å². The third-order valence-corrected chi connectivity index (χ3v) is 3.93. The minimum absolute atomic E-state index is 0.0292. The summed E-state index contributed by atoms with van der Waals surface area (Å²) in [4.78, 5) is 20.8. The number of aryl methyl sites for hydroxylation is 1. The molecule has 0 saturated heterocycles. The first-order valence-electron chi connectivity index (χ1n) is 9.53. The predicted octanol–water partition coefficient (Wildman–Crippen LogP) is 4.97. The number of rotatable bonds is 7. The molecule has 156 valence electrons. The van der Waals surface area contributed by atoms with Crippen molar-refractivity contribution >= 4 is 28.9 Å². The quantitative estimate of drug-likeness (QED) is 0.512. The van der Waals surface area contributed by atoms with Crippen molar-refractivity contribution in [3.05, 3.63) is 60.4 Å². The number of hydrogen-bond donors (Lipinski definition) is 3. The van der Waals surface area contributed by atoms with E-state index in [1.165, 1.54) is 0 Å². The highest BCUT2D eigenvalue weighted by atomic mass is 16.5. The molecule has 8 nitrogen and oxygen atoms in total. The van der Waals surface area contributed by atoms with Gasteiger partial charge in [0.15, 0.2) is 0 Å². The van der Waals surface area contributed by atoms with Gasteiger partial charge in [-0.05, 0) is 69.3 Å². The van der Waals surface area contributed by atoms with Crippen molar-refractivity contribution in [1.29, 1.82) is 0 Å². The molecule has 3 rings (SSSR count). The number of benzene rings is 2. The first kappa shape index (κ1) is 20.9. The number of carbonyl (C=O) groups excluding carboxylic acids is 1. The Kier molecular flexibility index (Phi) is 6.69. The molecule has 1 heterocycles. The van der Waals surface area contributed by atoms with E-state index in [4.69, 9.17) is 9.47 Å². The number of aromatic nitrogens is 2. The lowest BCUT2D eigenvalue weighted by Gasteiger charge is -2.12. The van der Waals surface area contributed by atoms with Crippen LogP contribution in [0, 0.1) is 6.92 Å². The molecule has 0 spiro atoms. The van der Waals surface area contributed by atoms with Crippen LogP contribution in [-0.2, 0) is 0 Å². The van der Waals surface area contributed by atoms with Gasteiger partial charge in [0.25, 0.3) is 0 Å². The molecular formula is C22H25N5O3. The summed E-state index contributed by atoms with van der Waals surface area (Å²) < 4.78 is 10.7. The van der Waals surface area contributed by atoms with Gasteiger partial charge >= 0.3 is 6.03 Å². The molecule has 0 bridgehead atoms. The van der Waals surface area contributed by atoms with Crippen molar-refractivity contribution in [2.75, 3.05) is 23.1 Å². The van der Waals surface area contributed by atoms with Gasteiger partial charge in [-0.25, -0.2) is 9.78 Å². The Labute approximate surface area is 175 Å². The van der Waals surface area contributed by atoms with Crippen molar-refractivity contribution in [3.63, 3.8) is 0 Å². The Morgan fingerprint density at radius 1 is 0.900 bits per heavy atom. The summed E-state index contributed by atoms with van der Waals surface area (Å²) in [5.74, 6) is 2.50. The fourth-order valence-electron chi connectivity index (χ4n) is 2.66. The summed E-state index contributed by atoms with van der Waals surface area (Å²) in [5, 5.41) is 8.79. The number of nitrogens with one attached hydrogen (secondary N) is 3. The van der Waals surface area contributed by atoms with E-state index in [-0.39, 0.29) is 12.1 Å². The Balaban J connectivity index is 1.59.